The highest BCUT2D eigenvalue weighted by Gasteiger charge is 2.13. The van der Waals surface area contributed by atoms with Crippen molar-refractivity contribution in [3.63, 3.8) is 0 Å². The molecule has 0 unspecified atom stereocenters. The molecule has 0 aromatic carbocycles. The molecule has 2 aromatic heterocycles. The predicted octanol–water partition coefficient (Wildman–Crippen LogP) is 1.09. The molecule has 0 saturated heterocycles. The van der Waals surface area contributed by atoms with Crippen molar-refractivity contribution in [2.24, 2.45) is 5.14 Å². The van der Waals surface area contributed by atoms with Gasteiger partial charge >= 0.3 is 0 Å². The molecule has 0 spiro atoms. The fourth-order valence-corrected chi connectivity index (χ4v) is 2.53. The molecule has 0 saturated carbocycles. The summed E-state index contributed by atoms with van der Waals surface area (Å²) in [4.78, 5) is 4.10. The number of aryl methyl sites for hydroxylation is 1. The number of nitrogens with zero attached hydrogens (tertiary/aromatic N) is 3. The normalized spacial score (nSPS) is 11.8. The van der Waals surface area contributed by atoms with E-state index in [-0.39, 0.29) is 4.90 Å². The van der Waals surface area contributed by atoms with Gasteiger partial charge in [-0.2, -0.15) is 5.10 Å². The third-order valence-corrected chi connectivity index (χ3v) is 3.96. The third-order valence-electron chi connectivity index (χ3n) is 3.06. The molecule has 0 aliphatic rings. The van der Waals surface area contributed by atoms with E-state index in [1.54, 1.807) is 10.7 Å². The van der Waals surface area contributed by atoms with Crippen molar-refractivity contribution in [2.45, 2.75) is 32.1 Å². The van der Waals surface area contributed by atoms with Gasteiger partial charge in [-0.3, -0.25) is 0 Å². The highest BCUT2D eigenvalue weighted by Crippen LogP contribution is 2.17. The van der Waals surface area contributed by atoms with Crippen molar-refractivity contribution in [1.82, 2.24) is 14.8 Å². The zero-order valence-corrected chi connectivity index (χ0v) is 11.9. The smallest absolute Gasteiger partial charge is 0.236 e. The van der Waals surface area contributed by atoms with Gasteiger partial charge in [0.05, 0.1) is 5.69 Å². The number of primary sulfonamides is 1. The van der Waals surface area contributed by atoms with Crippen molar-refractivity contribution in [1.29, 1.82) is 0 Å². The Labute approximate surface area is 112 Å². The number of pyridine rings is 1. The standard InChI is InChI=1S/C12H16N4O2S/c1-4-11-8(2)15-16(9(11)3)12-6-5-10(7-14-12)19(13,17)18/h5-7H,4H2,1-3H3,(H2,13,17,18). The van der Waals surface area contributed by atoms with Crippen LogP contribution in [0.15, 0.2) is 23.2 Å². The van der Waals surface area contributed by atoms with Crippen LogP contribution in [0.2, 0.25) is 0 Å². The van der Waals surface area contributed by atoms with E-state index in [1.807, 2.05) is 13.8 Å². The van der Waals surface area contributed by atoms with Gasteiger partial charge < -0.3 is 0 Å². The number of rotatable bonds is 3. The van der Waals surface area contributed by atoms with Gasteiger partial charge in [-0.15, -0.1) is 0 Å². The number of hydrogen-bond donors (Lipinski definition) is 1. The Kier molecular flexibility index (Phi) is 3.42. The van der Waals surface area contributed by atoms with E-state index in [2.05, 4.69) is 17.0 Å². The molecule has 7 heteroatoms. The van der Waals surface area contributed by atoms with Gasteiger partial charge in [-0.05, 0) is 38.0 Å². The summed E-state index contributed by atoms with van der Waals surface area (Å²) in [5.74, 6) is 0.577. The van der Waals surface area contributed by atoms with Crippen molar-refractivity contribution in [2.75, 3.05) is 0 Å². The summed E-state index contributed by atoms with van der Waals surface area (Å²) in [5.41, 5.74) is 3.14. The first-order valence-electron chi connectivity index (χ1n) is 5.89. The molecular weight excluding hydrogens is 264 g/mol. The summed E-state index contributed by atoms with van der Waals surface area (Å²) in [5, 5.41) is 9.45. The summed E-state index contributed by atoms with van der Waals surface area (Å²) in [7, 11) is -3.71. The maximum Gasteiger partial charge on any atom is 0.239 e. The lowest BCUT2D eigenvalue weighted by Gasteiger charge is -2.04. The first kappa shape index (κ1) is 13.7. The van der Waals surface area contributed by atoms with Crippen LogP contribution in [0.3, 0.4) is 0 Å². The molecule has 19 heavy (non-hydrogen) atoms. The van der Waals surface area contributed by atoms with Crippen LogP contribution < -0.4 is 5.14 Å². The maximum atomic E-state index is 11.2. The first-order valence-corrected chi connectivity index (χ1v) is 7.43. The van der Waals surface area contributed by atoms with Crippen LogP contribution in [0.1, 0.15) is 23.9 Å². The predicted molar refractivity (Wildman–Crippen MR) is 71.6 cm³/mol. The minimum absolute atomic E-state index is 0.00602. The largest absolute Gasteiger partial charge is 0.239 e. The monoisotopic (exact) mass is 280 g/mol. The van der Waals surface area contributed by atoms with Gasteiger partial charge in [0, 0.05) is 11.9 Å². The molecule has 2 rings (SSSR count). The molecule has 2 aromatic rings. The second-order valence-electron chi connectivity index (χ2n) is 4.31. The molecule has 0 amide bonds. The lowest BCUT2D eigenvalue weighted by Crippen LogP contribution is -2.13. The Morgan fingerprint density at radius 3 is 2.42 bits per heavy atom. The Balaban J connectivity index is 2.49. The van der Waals surface area contributed by atoms with Crippen LogP contribution in [-0.2, 0) is 16.4 Å². The summed E-state index contributed by atoms with van der Waals surface area (Å²) < 4.78 is 24.0. The molecule has 0 aliphatic heterocycles. The highest BCUT2D eigenvalue weighted by atomic mass is 32.2. The quantitative estimate of drug-likeness (QED) is 0.911. The minimum Gasteiger partial charge on any atom is -0.236 e. The summed E-state index contributed by atoms with van der Waals surface area (Å²) in [6, 6.07) is 3.03. The van der Waals surface area contributed by atoms with Gasteiger partial charge in [0.15, 0.2) is 5.82 Å². The van der Waals surface area contributed by atoms with Crippen molar-refractivity contribution < 1.29 is 8.42 Å². The molecule has 2 heterocycles. The molecule has 0 bridgehead atoms. The van der Waals surface area contributed by atoms with Crippen LogP contribution in [-0.4, -0.2) is 23.2 Å². The van der Waals surface area contributed by atoms with Crippen molar-refractivity contribution >= 4 is 10.0 Å². The molecular formula is C12H16N4O2S. The Morgan fingerprint density at radius 2 is 2.00 bits per heavy atom. The molecule has 6 nitrogen and oxygen atoms in total. The van der Waals surface area contributed by atoms with E-state index < -0.39 is 10.0 Å². The lowest BCUT2D eigenvalue weighted by atomic mass is 10.1. The molecule has 0 fully saturated rings. The van der Waals surface area contributed by atoms with Crippen molar-refractivity contribution in [3.05, 3.63) is 35.3 Å². The zero-order valence-electron chi connectivity index (χ0n) is 11.1. The topological polar surface area (TPSA) is 90.9 Å². The average molecular weight is 280 g/mol. The van der Waals surface area contributed by atoms with E-state index in [0.717, 1.165) is 17.8 Å². The SMILES string of the molecule is CCc1c(C)nn(-c2ccc(S(N)(=O)=O)cn2)c1C. The third kappa shape index (κ3) is 2.52. The minimum atomic E-state index is -3.71. The fraction of sp³-hybridized carbons (Fsp3) is 0.333. The Bertz CT molecular complexity index is 702. The number of hydrogen-bond acceptors (Lipinski definition) is 4. The highest BCUT2D eigenvalue weighted by molar-refractivity contribution is 7.89. The summed E-state index contributed by atoms with van der Waals surface area (Å²) in [6.45, 7) is 5.98. The van der Waals surface area contributed by atoms with Gasteiger partial charge in [0.1, 0.15) is 4.90 Å². The summed E-state index contributed by atoms with van der Waals surface area (Å²) in [6.07, 6.45) is 2.14. The van der Waals surface area contributed by atoms with Crippen LogP contribution in [0.25, 0.3) is 5.82 Å². The van der Waals surface area contributed by atoms with Crippen LogP contribution >= 0.6 is 0 Å². The zero-order chi connectivity index (χ0) is 14.2. The molecule has 0 atom stereocenters. The summed E-state index contributed by atoms with van der Waals surface area (Å²) >= 11 is 0. The van der Waals surface area contributed by atoms with Gasteiger partial charge in [-0.25, -0.2) is 23.2 Å². The van der Waals surface area contributed by atoms with Crippen molar-refractivity contribution in [3.8, 4) is 5.82 Å². The van der Waals surface area contributed by atoms with Crippen LogP contribution in [0, 0.1) is 13.8 Å². The van der Waals surface area contributed by atoms with E-state index in [4.69, 9.17) is 5.14 Å². The number of nitrogens with two attached hydrogens (primary N) is 1. The second-order valence-corrected chi connectivity index (χ2v) is 5.87. The molecule has 102 valence electrons. The molecule has 2 N–H and O–H groups in total. The Morgan fingerprint density at radius 1 is 1.32 bits per heavy atom. The first-order chi connectivity index (χ1) is 8.84. The lowest BCUT2D eigenvalue weighted by molar-refractivity contribution is 0.597. The average Bonchev–Trinajstić information content (AvgIpc) is 2.63. The molecule has 0 aliphatic carbocycles. The van der Waals surface area contributed by atoms with E-state index in [9.17, 15) is 8.42 Å². The molecule has 0 radical (unpaired) electrons. The van der Waals surface area contributed by atoms with Crippen LogP contribution in [0.4, 0.5) is 0 Å². The van der Waals surface area contributed by atoms with E-state index in [0.29, 0.717) is 5.82 Å². The Hall–Kier alpha value is -1.73. The van der Waals surface area contributed by atoms with Gasteiger partial charge in [0.25, 0.3) is 0 Å². The van der Waals surface area contributed by atoms with Crippen LogP contribution in [0.5, 0.6) is 0 Å². The van der Waals surface area contributed by atoms with E-state index >= 15 is 0 Å². The fourth-order valence-electron chi connectivity index (χ4n) is 2.08. The maximum absolute atomic E-state index is 11.2. The number of sulfonamides is 1. The van der Waals surface area contributed by atoms with E-state index in [1.165, 1.54) is 17.8 Å². The van der Waals surface area contributed by atoms with Gasteiger partial charge in [0.2, 0.25) is 10.0 Å². The van der Waals surface area contributed by atoms with Gasteiger partial charge in [-0.1, -0.05) is 6.92 Å². The number of aromatic nitrogens is 3. The second kappa shape index (κ2) is 4.75.